The molecule has 0 spiro atoms. The van der Waals surface area contributed by atoms with Gasteiger partial charge in [0.25, 0.3) is 0 Å². The van der Waals surface area contributed by atoms with Crippen LogP contribution in [0.5, 0.6) is 0 Å². The van der Waals surface area contributed by atoms with Gasteiger partial charge in [-0.25, -0.2) is 0 Å². The van der Waals surface area contributed by atoms with Crippen molar-refractivity contribution in [3.63, 3.8) is 0 Å². The molecule has 0 unspecified atom stereocenters. The molecule has 3 heteroatoms. The third kappa shape index (κ3) is 1.41. The second-order valence-electron chi connectivity index (χ2n) is 3.50. The second kappa shape index (κ2) is 3.45. The highest BCUT2D eigenvalue weighted by Crippen LogP contribution is 2.28. The Morgan fingerprint density at radius 3 is 3.07 bits per heavy atom. The molecule has 0 radical (unpaired) electrons. The van der Waals surface area contributed by atoms with Gasteiger partial charge >= 0.3 is 0 Å². The minimum Gasteiger partial charge on any atom is -0.190 e. The number of likely N-dealkylation sites (N-methyl/N-ethyl adjacent to an activating group) is 1. The van der Waals surface area contributed by atoms with Crippen LogP contribution in [0.2, 0.25) is 0 Å². The topological polar surface area (TPSA) is 6.48 Å². The molecule has 1 fully saturated rings. The van der Waals surface area contributed by atoms with E-state index in [1.807, 2.05) is 12.2 Å². The number of hydrazine groups is 1. The van der Waals surface area contributed by atoms with Gasteiger partial charge in [-0.15, -0.1) is 5.23 Å². The number of allylic oxidation sites excluding steroid dienone is 3. The van der Waals surface area contributed by atoms with Gasteiger partial charge in [0.15, 0.2) is 0 Å². The predicted octanol–water partition coefficient (Wildman–Crippen LogP) is 2.35. The molecular formula is C11H13FN2. The number of hydrogen-bond donors (Lipinski definition) is 0. The maximum Gasteiger partial charge on any atom is 0.134 e. The molecule has 0 saturated carbocycles. The first-order chi connectivity index (χ1) is 6.72. The molecule has 2 rings (SSSR count). The minimum atomic E-state index is 0.534. The van der Waals surface area contributed by atoms with Crippen molar-refractivity contribution >= 4 is 0 Å². The molecule has 0 aromatic heterocycles. The number of hydrogen-bond acceptors (Lipinski definition) is 2. The summed E-state index contributed by atoms with van der Waals surface area (Å²) in [5.74, 6) is 0. The number of nitrogens with zero attached hydrogens (tertiary/aromatic N) is 2. The van der Waals surface area contributed by atoms with Crippen LogP contribution in [0.15, 0.2) is 40.8 Å². The second-order valence-corrected chi connectivity index (χ2v) is 3.50. The molecule has 1 saturated heterocycles. The van der Waals surface area contributed by atoms with Crippen molar-refractivity contribution < 1.29 is 4.48 Å². The van der Waals surface area contributed by atoms with E-state index in [1.165, 1.54) is 10.6 Å². The summed E-state index contributed by atoms with van der Waals surface area (Å²) in [6.45, 7) is 2.71. The Labute approximate surface area is 83.2 Å². The summed E-state index contributed by atoms with van der Waals surface area (Å²) in [6, 6.07) is 0. The quantitative estimate of drug-likeness (QED) is 0.465. The third-order valence-corrected chi connectivity index (χ3v) is 2.47. The average molecular weight is 192 g/mol. The summed E-state index contributed by atoms with van der Waals surface area (Å²) in [5, 5.41) is 2.18. The van der Waals surface area contributed by atoms with Crippen molar-refractivity contribution in [2.75, 3.05) is 13.6 Å². The zero-order valence-corrected chi connectivity index (χ0v) is 8.42. The SMILES string of the molecule is CCC1=CC=C=C2C(=C1)CN(C)N2F. The Kier molecular flexibility index (Phi) is 2.28. The largest absolute Gasteiger partial charge is 0.190 e. The lowest BCUT2D eigenvalue weighted by Gasteiger charge is -2.12. The summed E-state index contributed by atoms with van der Waals surface area (Å²) in [6.07, 6.45) is 6.77. The van der Waals surface area contributed by atoms with Crippen LogP contribution in [0, 0.1) is 0 Å². The summed E-state index contributed by atoms with van der Waals surface area (Å²) in [5.41, 5.74) is 5.69. The van der Waals surface area contributed by atoms with Gasteiger partial charge in [0.05, 0.1) is 0 Å². The zero-order chi connectivity index (χ0) is 10.1. The van der Waals surface area contributed by atoms with Crippen molar-refractivity contribution in [1.82, 2.24) is 10.2 Å². The molecule has 0 N–H and O–H groups in total. The van der Waals surface area contributed by atoms with Crippen molar-refractivity contribution in [3.05, 3.63) is 40.8 Å². The summed E-state index contributed by atoms with van der Waals surface area (Å²) in [4.78, 5) is 0. The van der Waals surface area contributed by atoms with E-state index in [9.17, 15) is 4.48 Å². The maximum atomic E-state index is 13.4. The first-order valence-corrected chi connectivity index (χ1v) is 4.76. The minimum absolute atomic E-state index is 0.534. The fourth-order valence-corrected chi connectivity index (χ4v) is 1.65. The number of rotatable bonds is 1. The maximum absolute atomic E-state index is 13.4. The van der Waals surface area contributed by atoms with Gasteiger partial charge in [-0.2, -0.15) is 5.01 Å². The first kappa shape index (κ1) is 9.25. The molecular weight excluding hydrogens is 179 g/mol. The highest BCUT2D eigenvalue weighted by molar-refractivity contribution is 5.42. The van der Waals surface area contributed by atoms with Crippen LogP contribution in [-0.4, -0.2) is 23.8 Å². The molecule has 1 aliphatic carbocycles. The summed E-state index contributed by atoms with van der Waals surface area (Å²) >= 11 is 0. The van der Waals surface area contributed by atoms with Crippen LogP contribution in [0.25, 0.3) is 0 Å². The van der Waals surface area contributed by atoms with Crippen LogP contribution in [0.3, 0.4) is 0 Å². The molecule has 1 heterocycles. The molecule has 0 amide bonds. The normalized spacial score (nSPS) is 21.4. The van der Waals surface area contributed by atoms with Gasteiger partial charge in [0.1, 0.15) is 5.70 Å². The van der Waals surface area contributed by atoms with Crippen LogP contribution in [0.1, 0.15) is 13.3 Å². The first-order valence-electron chi connectivity index (χ1n) is 4.76. The Morgan fingerprint density at radius 1 is 1.57 bits per heavy atom. The fourth-order valence-electron chi connectivity index (χ4n) is 1.65. The molecule has 0 aromatic carbocycles. The van der Waals surface area contributed by atoms with Gasteiger partial charge in [-0.05, 0) is 18.1 Å². The van der Waals surface area contributed by atoms with Crippen molar-refractivity contribution in [2.45, 2.75) is 13.3 Å². The zero-order valence-electron chi connectivity index (χ0n) is 8.42. The van der Waals surface area contributed by atoms with Gasteiger partial charge in [-0.1, -0.05) is 29.3 Å². The van der Waals surface area contributed by atoms with Gasteiger partial charge < -0.3 is 0 Å². The molecule has 0 atom stereocenters. The average Bonchev–Trinajstić information content (AvgIpc) is 2.41. The Bertz CT molecular complexity index is 373. The van der Waals surface area contributed by atoms with Crippen LogP contribution >= 0.6 is 0 Å². The van der Waals surface area contributed by atoms with E-state index in [-0.39, 0.29) is 0 Å². The molecule has 14 heavy (non-hydrogen) atoms. The lowest BCUT2D eigenvalue weighted by atomic mass is 10.1. The van der Waals surface area contributed by atoms with Gasteiger partial charge in [-0.3, -0.25) is 0 Å². The Morgan fingerprint density at radius 2 is 2.36 bits per heavy atom. The van der Waals surface area contributed by atoms with Crippen molar-refractivity contribution in [2.24, 2.45) is 0 Å². The smallest absolute Gasteiger partial charge is 0.134 e. The Hall–Kier alpha value is -1.31. The van der Waals surface area contributed by atoms with E-state index in [2.05, 4.69) is 12.7 Å². The van der Waals surface area contributed by atoms with Gasteiger partial charge in [0, 0.05) is 19.2 Å². The fraction of sp³-hybridized carbons (Fsp3) is 0.364. The van der Waals surface area contributed by atoms with E-state index in [4.69, 9.17) is 0 Å². The van der Waals surface area contributed by atoms with E-state index in [0.717, 1.165) is 12.0 Å². The van der Waals surface area contributed by atoms with Crippen LogP contribution in [0.4, 0.5) is 4.48 Å². The molecule has 0 bridgehead atoms. The highest BCUT2D eigenvalue weighted by atomic mass is 19.2. The standard InChI is InChI=1S/C11H13FN2/c1-3-9-5-4-6-11-10(7-9)8-13(2)14(11)12/h4-5,7H,3,8H2,1-2H3. The summed E-state index contributed by atoms with van der Waals surface area (Å²) < 4.78 is 13.4. The summed E-state index contributed by atoms with van der Waals surface area (Å²) in [7, 11) is 1.72. The highest BCUT2D eigenvalue weighted by Gasteiger charge is 2.27. The molecule has 2 aliphatic rings. The van der Waals surface area contributed by atoms with E-state index < -0.39 is 0 Å². The Balaban J connectivity index is 2.40. The predicted molar refractivity (Wildman–Crippen MR) is 53.6 cm³/mol. The number of halogens is 1. The van der Waals surface area contributed by atoms with Crippen LogP contribution in [-0.2, 0) is 0 Å². The lowest BCUT2D eigenvalue weighted by molar-refractivity contribution is -0.0933. The molecule has 74 valence electrons. The van der Waals surface area contributed by atoms with E-state index >= 15 is 0 Å². The van der Waals surface area contributed by atoms with Crippen molar-refractivity contribution in [3.8, 4) is 0 Å². The molecule has 2 nitrogen and oxygen atoms in total. The van der Waals surface area contributed by atoms with E-state index in [0.29, 0.717) is 17.5 Å². The third-order valence-electron chi connectivity index (χ3n) is 2.47. The number of fused-ring (bicyclic) bond motifs is 1. The molecule has 0 aromatic rings. The van der Waals surface area contributed by atoms with Crippen LogP contribution < -0.4 is 0 Å². The van der Waals surface area contributed by atoms with E-state index in [1.54, 1.807) is 13.1 Å². The van der Waals surface area contributed by atoms with Crippen molar-refractivity contribution in [1.29, 1.82) is 0 Å². The van der Waals surface area contributed by atoms with Gasteiger partial charge in [0.2, 0.25) is 0 Å². The lowest BCUT2D eigenvalue weighted by Crippen LogP contribution is -2.23. The molecule has 1 aliphatic heterocycles. The monoisotopic (exact) mass is 192 g/mol.